The standard InChI is InChI=1S/C15H23FN2O/c1-11-4-5-12(10-13(11)16)18-14(19)6-7-15(2,3)8-9-17/h4-5,10H,6-9,17H2,1-3H3,(H,18,19). The minimum atomic E-state index is -0.304. The number of nitrogens with one attached hydrogen (secondary N) is 1. The number of carbonyl (C=O) groups excluding carboxylic acids is 1. The first-order valence-corrected chi connectivity index (χ1v) is 6.60. The van der Waals surface area contributed by atoms with E-state index in [1.165, 1.54) is 6.07 Å². The highest BCUT2D eigenvalue weighted by Crippen LogP contribution is 2.26. The fourth-order valence-corrected chi connectivity index (χ4v) is 1.86. The fourth-order valence-electron chi connectivity index (χ4n) is 1.86. The number of hydrogen-bond donors (Lipinski definition) is 2. The molecule has 0 saturated heterocycles. The maximum Gasteiger partial charge on any atom is 0.224 e. The number of carbonyl (C=O) groups is 1. The Balaban J connectivity index is 2.49. The summed E-state index contributed by atoms with van der Waals surface area (Å²) in [6.07, 6.45) is 2.08. The summed E-state index contributed by atoms with van der Waals surface area (Å²) in [6, 6.07) is 4.71. The molecular formula is C15H23FN2O. The molecule has 4 heteroatoms. The van der Waals surface area contributed by atoms with Gasteiger partial charge in [-0.25, -0.2) is 4.39 Å². The van der Waals surface area contributed by atoms with E-state index in [-0.39, 0.29) is 17.1 Å². The number of benzene rings is 1. The van der Waals surface area contributed by atoms with Gasteiger partial charge in [0.05, 0.1) is 0 Å². The second-order valence-corrected chi connectivity index (χ2v) is 5.72. The molecule has 1 amide bonds. The number of amides is 1. The normalized spacial score (nSPS) is 11.4. The Hall–Kier alpha value is -1.42. The van der Waals surface area contributed by atoms with Gasteiger partial charge in [0.1, 0.15) is 5.82 Å². The van der Waals surface area contributed by atoms with Gasteiger partial charge in [0, 0.05) is 12.1 Å². The van der Waals surface area contributed by atoms with Crippen LogP contribution < -0.4 is 11.1 Å². The molecule has 0 bridgehead atoms. The van der Waals surface area contributed by atoms with Crippen LogP contribution in [0.15, 0.2) is 18.2 Å². The van der Waals surface area contributed by atoms with Gasteiger partial charge in [-0.1, -0.05) is 19.9 Å². The predicted octanol–water partition coefficient (Wildman–Crippen LogP) is 3.23. The molecule has 0 aliphatic carbocycles. The Morgan fingerprint density at radius 3 is 2.63 bits per heavy atom. The Morgan fingerprint density at radius 2 is 2.05 bits per heavy atom. The van der Waals surface area contributed by atoms with Crippen LogP contribution in [0.25, 0.3) is 0 Å². The van der Waals surface area contributed by atoms with Crippen molar-refractivity contribution < 1.29 is 9.18 Å². The minimum Gasteiger partial charge on any atom is -0.330 e. The molecule has 0 aliphatic rings. The maximum absolute atomic E-state index is 13.3. The van der Waals surface area contributed by atoms with Gasteiger partial charge in [0.25, 0.3) is 0 Å². The van der Waals surface area contributed by atoms with Crippen LogP contribution in [0.3, 0.4) is 0 Å². The average Bonchev–Trinajstić information content (AvgIpc) is 2.32. The van der Waals surface area contributed by atoms with E-state index in [4.69, 9.17) is 5.73 Å². The summed E-state index contributed by atoms with van der Waals surface area (Å²) in [7, 11) is 0. The number of nitrogens with two attached hydrogens (primary N) is 1. The Bertz CT molecular complexity index is 444. The van der Waals surface area contributed by atoms with Crippen LogP contribution in [0.2, 0.25) is 0 Å². The topological polar surface area (TPSA) is 55.1 Å². The van der Waals surface area contributed by atoms with Crippen LogP contribution in [0, 0.1) is 18.2 Å². The van der Waals surface area contributed by atoms with Crippen LogP contribution in [-0.4, -0.2) is 12.5 Å². The van der Waals surface area contributed by atoms with E-state index in [2.05, 4.69) is 19.2 Å². The molecule has 0 aromatic heterocycles. The third-order valence-electron chi connectivity index (χ3n) is 3.31. The first-order chi connectivity index (χ1) is 8.84. The lowest BCUT2D eigenvalue weighted by atomic mass is 9.84. The zero-order valence-electron chi connectivity index (χ0n) is 11.9. The Morgan fingerprint density at radius 1 is 1.37 bits per heavy atom. The van der Waals surface area contributed by atoms with Crippen LogP contribution in [-0.2, 0) is 4.79 Å². The highest BCUT2D eigenvalue weighted by Gasteiger charge is 2.18. The summed E-state index contributed by atoms with van der Waals surface area (Å²) in [6.45, 7) is 6.51. The molecule has 19 heavy (non-hydrogen) atoms. The molecule has 0 radical (unpaired) electrons. The molecule has 1 aromatic carbocycles. The van der Waals surface area contributed by atoms with Gasteiger partial charge in [-0.05, 0) is 49.4 Å². The van der Waals surface area contributed by atoms with E-state index in [1.807, 2.05) is 0 Å². The van der Waals surface area contributed by atoms with Crippen LogP contribution in [0.1, 0.15) is 38.7 Å². The quantitative estimate of drug-likeness (QED) is 0.830. The SMILES string of the molecule is Cc1ccc(NC(=O)CCC(C)(C)CCN)cc1F. The molecule has 0 atom stereocenters. The smallest absolute Gasteiger partial charge is 0.224 e. The van der Waals surface area contributed by atoms with E-state index in [9.17, 15) is 9.18 Å². The van der Waals surface area contributed by atoms with Crippen LogP contribution >= 0.6 is 0 Å². The van der Waals surface area contributed by atoms with Gasteiger partial charge < -0.3 is 11.1 Å². The van der Waals surface area contributed by atoms with Crippen molar-refractivity contribution in [2.45, 2.75) is 40.0 Å². The Kier molecular flexibility index (Phi) is 5.48. The van der Waals surface area contributed by atoms with Crippen LogP contribution in [0.4, 0.5) is 10.1 Å². The Labute approximate surface area is 114 Å². The maximum atomic E-state index is 13.3. The molecule has 0 saturated carbocycles. The lowest BCUT2D eigenvalue weighted by Crippen LogP contribution is -2.20. The van der Waals surface area contributed by atoms with Gasteiger partial charge in [-0.15, -0.1) is 0 Å². The van der Waals surface area contributed by atoms with Crippen molar-refractivity contribution in [3.63, 3.8) is 0 Å². The van der Waals surface area contributed by atoms with E-state index in [0.717, 1.165) is 12.8 Å². The lowest BCUT2D eigenvalue weighted by Gasteiger charge is -2.23. The fraction of sp³-hybridized carbons (Fsp3) is 0.533. The molecule has 1 rings (SSSR count). The second kappa shape index (κ2) is 6.66. The number of aryl methyl sites for hydroxylation is 1. The van der Waals surface area contributed by atoms with E-state index >= 15 is 0 Å². The molecule has 0 aliphatic heterocycles. The summed E-state index contributed by atoms with van der Waals surface area (Å²) < 4.78 is 13.3. The summed E-state index contributed by atoms with van der Waals surface area (Å²) in [4.78, 5) is 11.8. The summed E-state index contributed by atoms with van der Waals surface area (Å²) in [5, 5.41) is 2.71. The summed E-state index contributed by atoms with van der Waals surface area (Å²) >= 11 is 0. The second-order valence-electron chi connectivity index (χ2n) is 5.72. The summed E-state index contributed by atoms with van der Waals surface area (Å²) in [5.41, 5.74) is 6.67. The van der Waals surface area contributed by atoms with Crippen molar-refractivity contribution in [3.8, 4) is 0 Å². The highest BCUT2D eigenvalue weighted by molar-refractivity contribution is 5.90. The monoisotopic (exact) mass is 266 g/mol. The predicted molar refractivity (Wildman–Crippen MR) is 76.5 cm³/mol. The van der Waals surface area contributed by atoms with E-state index in [0.29, 0.717) is 24.2 Å². The number of hydrogen-bond acceptors (Lipinski definition) is 2. The molecular weight excluding hydrogens is 243 g/mol. The molecule has 106 valence electrons. The van der Waals surface area contributed by atoms with Crippen molar-refractivity contribution >= 4 is 11.6 Å². The molecule has 0 unspecified atom stereocenters. The number of rotatable bonds is 6. The van der Waals surface area contributed by atoms with Gasteiger partial charge in [0.15, 0.2) is 0 Å². The molecule has 0 heterocycles. The molecule has 3 N–H and O–H groups in total. The van der Waals surface area contributed by atoms with Crippen molar-refractivity contribution in [1.82, 2.24) is 0 Å². The van der Waals surface area contributed by atoms with Crippen molar-refractivity contribution in [3.05, 3.63) is 29.6 Å². The van der Waals surface area contributed by atoms with Gasteiger partial charge >= 0.3 is 0 Å². The van der Waals surface area contributed by atoms with Crippen LogP contribution in [0.5, 0.6) is 0 Å². The molecule has 0 spiro atoms. The van der Waals surface area contributed by atoms with E-state index < -0.39 is 0 Å². The minimum absolute atomic E-state index is 0.0601. The third kappa shape index (κ3) is 5.39. The first kappa shape index (κ1) is 15.6. The molecule has 3 nitrogen and oxygen atoms in total. The highest BCUT2D eigenvalue weighted by atomic mass is 19.1. The number of anilines is 1. The third-order valence-corrected chi connectivity index (χ3v) is 3.31. The van der Waals surface area contributed by atoms with Crippen molar-refractivity contribution in [2.24, 2.45) is 11.1 Å². The average molecular weight is 266 g/mol. The van der Waals surface area contributed by atoms with Crippen molar-refractivity contribution in [1.29, 1.82) is 0 Å². The molecule has 1 aromatic rings. The summed E-state index contributed by atoms with van der Waals surface area (Å²) in [5.74, 6) is -0.394. The number of halogens is 1. The van der Waals surface area contributed by atoms with E-state index in [1.54, 1.807) is 19.1 Å². The van der Waals surface area contributed by atoms with Gasteiger partial charge in [-0.3, -0.25) is 4.79 Å². The zero-order chi connectivity index (χ0) is 14.5. The zero-order valence-corrected chi connectivity index (χ0v) is 11.9. The molecule has 0 fully saturated rings. The van der Waals surface area contributed by atoms with Gasteiger partial charge in [0.2, 0.25) is 5.91 Å². The first-order valence-electron chi connectivity index (χ1n) is 6.60. The lowest BCUT2D eigenvalue weighted by molar-refractivity contribution is -0.116. The largest absolute Gasteiger partial charge is 0.330 e. The van der Waals surface area contributed by atoms with Crippen molar-refractivity contribution in [2.75, 3.05) is 11.9 Å². The van der Waals surface area contributed by atoms with Gasteiger partial charge in [-0.2, -0.15) is 0 Å².